The van der Waals surface area contributed by atoms with Crippen LogP contribution in [0.15, 0.2) is 30.3 Å². The third-order valence-electron chi connectivity index (χ3n) is 5.43. The van der Waals surface area contributed by atoms with Crippen molar-refractivity contribution in [3.63, 3.8) is 0 Å². The van der Waals surface area contributed by atoms with E-state index < -0.39 is 0 Å². The van der Waals surface area contributed by atoms with Crippen molar-refractivity contribution in [2.24, 2.45) is 0 Å². The highest BCUT2D eigenvalue weighted by Gasteiger charge is 2.29. The summed E-state index contributed by atoms with van der Waals surface area (Å²) in [7, 11) is 0. The molecule has 0 amide bonds. The summed E-state index contributed by atoms with van der Waals surface area (Å²) in [5, 5.41) is 11.6. The Morgan fingerprint density at radius 3 is 2.34 bits per heavy atom. The van der Waals surface area contributed by atoms with Crippen molar-refractivity contribution >= 4 is 17.5 Å². The van der Waals surface area contributed by atoms with Gasteiger partial charge in [0.05, 0.1) is 18.1 Å². The van der Waals surface area contributed by atoms with Crippen molar-refractivity contribution in [3.05, 3.63) is 51.7 Å². The molecule has 9 heteroatoms. The predicted molar refractivity (Wildman–Crippen MR) is 110 cm³/mol. The van der Waals surface area contributed by atoms with Gasteiger partial charge in [-0.3, -0.25) is 15.0 Å². The van der Waals surface area contributed by atoms with Gasteiger partial charge in [0.15, 0.2) is 0 Å². The van der Waals surface area contributed by atoms with Gasteiger partial charge in [0.25, 0.3) is 0 Å². The van der Waals surface area contributed by atoms with Gasteiger partial charge in [0.2, 0.25) is 11.8 Å². The molecule has 4 rings (SSSR count). The molecular formula is C20H26N6O3. The van der Waals surface area contributed by atoms with Crippen LogP contribution in [0.4, 0.5) is 17.5 Å². The van der Waals surface area contributed by atoms with Crippen LogP contribution in [0.1, 0.15) is 11.3 Å². The molecule has 0 bridgehead atoms. The maximum absolute atomic E-state index is 11.6. The third kappa shape index (κ3) is 4.46. The minimum absolute atomic E-state index is 0.00152. The second kappa shape index (κ2) is 8.71. The van der Waals surface area contributed by atoms with Gasteiger partial charge in [0, 0.05) is 45.8 Å². The molecule has 9 nitrogen and oxygen atoms in total. The fourth-order valence-electron chi connectivity index (χ4n) is 3.84. The molecule has 0 atom stereocenters. The first kappa shape index (κ1) is 19.5. The molecule has 0 radical (unpaired) electrons. The van der Waals surface area contributed by atoms with Crippen molar-refractivity contribution < 1.29 is 9.66 Å². The molecule has 0 unspecified atom stereocenters. The van der Waals surface area contributed by atoms with Gasteiger partial charge in [0.1, 0.15) is 5.69 Å². The molecule has 3 heterocycles. The average Bonchev–Trinajstić information content (AvgIpc) is 2.75. The first-order valence-corrected chi connectivity index (χ1v) is 9.99. The summed E-state index contributed by atoms with van der Waals surface area (Å²) in [6.07, 6.45) is 0. The van der Waals surface area contributed by atoms with Crippen molar-refractivity contribution in [1.29, 1.82) is 0 Å². The topological polar surface area (TPSA) is 87.9 Å². The maximum atomic E-state index is 11.6. The van der Waals surface area contributed by atoms with E-state index in [4.69, 9.17) is 4.74 Å². The van der Waals surface area contributed by atoms with E-state index in [0.29, 0.717) is 43.8 Å². The molecule has 1 aromatic carbocycles. The number of rotatable bonds is 5. The first-order valence-electron chi connectivity index (χ1n) is 9.99. The molecular weight excluding hydrogens is 372 g/mol. The number of anilines is 2. The Labute approximate surface area is 170 Å². The molecule has 2 fully saturated rings. The lowest BCUT2D eigenvalue weighted by Gasteiger charge is -2.35. The summed E-state index contributed by atoms with van der Waals surface area (Å²) < 4.78 is 5.39. The molecule has 0 saturated carbocycles. The minimum Gasteiger partial charge on any atom is -0.378 e. The lowest BCUT2D eigenvalue weighted by molar-refractivity contribution is -0.385. The number of hydrogen-bond donors (Lipinski definition) is 0. The van der Waals surface area contributed by atoms with E-state index in [2.05, 4.69) is 44.0 Å². The molecule has 154 valence electrons. The van der Waals surface area contributed by atoms with Crippen LogP contribution in [0.3, 0.4) is 0 Å². The van der Waals surface area contributed by atoms with Crippen LogP contribution in [0, 0.1) is 17.0 Å². The zero-order valence-electron chi connectivity index (χ0n) is 16.7. The summed E-state index contributed by atoms with van der Waals surface area (Å²) >= 11 is 0. The van der Waals surface area contributed by atoms with E-state index in [1.54, 1.807) is 6.92 Å². The lowest BCUT2D eigenvalue weighted by atomic mass is 10.2. The number of nitro groups is 1. The Hall–Kier alpha value is -2.78. The van der Waals surface area contributed by atoms with Crippen LogP contribution in [0.25, 0.3) is 0 Å². The highest BCUT2D eigenvalue weighted by molar-refractivity contribution is 5.63. The standard InChI is InChI=1S/C20H26N6O3/c1-16-18(26(27)28)19(24-11-13-29-14-12-24)22-20(21-16)25-9-7-23(8-10-25)15-17-5-3-2-4-6-17/h2-6H,7-15H2,1H3. The summed E-state index contributed by atoms with van der Waals surface area (Å²) in [6, 6.07) is 10.4. The molecule has 0 spiro atoms. The zero-order valence-corrected chi connectivity index (χ0v) is 16.7. The number of nitrogens with zero attached hydrogens (tertiary/aromatic N) is 6. The Balaban J connectivity index is 1.50. The maximum Gasteiger partial charge on any atom is 0.332 e. The van der Waals surface area contributed by atoms with Gasteiger partial charge in [-0.25, -0.2) is 4.98 Å². The van der Waals surface area contributed by atoms with Crippen molar-refractivity contribution in [2.75, 3.05) is 62.3 Å². The average molecular weight is 398 g/mol. The van der Waals surface area contributed by atoms with Gasteiger partial charge in [-0.15, -0.1) is 0 Å². The fraction of sp³-hybridized carbons (Fsp3) is 0.500. The summed E-state index contributed by atoms with van der Waals surface area (Å²) in [5.41, 5.74) is 1.71. The van der Waals surface area contributed by atoms with Crippen LogP contribution < -0.4 is 9.80 Å². The minimum atomic E-state index is -0.373. The monoisotopic (exact) mass is 398 g/mol. The van der Waals surface area contributed by atoms with Gasteiger partial charge >= 0.3 is 5.69 Å². The van der Waals surface area contributed by atoms with Crippen LogP contribution in [-0.4, -0.2) is 72.3 Å². The normalized spacial score (nSPS) is 18.1. The van der Waals surface area contributed by atoms with Gasteiger partial charge < -0.3 is 14.5 Å². The molecule has 29 heavy (non-hydrogen) atoms. The number of aryl methyl sites for hydroxylation is 1. The number of hydrogen-bond acceptors (Lipinski definition) is 8. The Kier molecular flexibility index (Phi) is 5.86. The summed E-state index contributed by atoms with van der Waals surface area (Å²) in [5.74, 6) is 0.987. The predicted octanol–water partition coefficient (Wildman–Crippen LogP) is 1.85. The fourth-order valence-corrected chi connectivity index (χ4v) is 3.84. The molecule has 2 saturated heterocycles. The summed E-state index contributed by atoms with van der Waals surface area (Å²) in [6.45, 7) is 8.32. The highest BCUT2D eigenvalue weighted by Crippen LogP contribution is 2.31. The number of ether oxygens (including phenoxy) is 1. The first-order chi connectivity index (χ1) is 14.1. The van der Waals surface area contributed by atoms with Crippen LogP contribution in [-0.2, 0) is 11.3 Å². The third-order valence-corrected chi connectivity index (χ3v) is 5.43. The number of morpholine rings is 1. The van der Waals surface area contributed by atoms with Gasteiger partial charge in [-0.2, -0.15) is 4.98 Å². The van der Waals surface area contributed by atoms with Gasteiger partial charge in [-0.05, 0) is 12.5 Å². The number of piperazine rings is 1. The second-order valence-corrected chi connectivity index (χ2v) is 7.39. The van der Waals surface area contributed by atoms with E-state index in [1.807, 2.05) is 11.0 Å². The van der Waals surface area contributed by atoms with E-state index in [1.165, 1.54) is 5.56 Å². The van der Waals surface area contributed by atoms with Crippen LogP contribution in [0.2, 0.25) is 0 Å². The number of benzene rings is 1. The number of aromatic nitrogens is 2. The quantitative estimate of drug-likeness (QED) is 0.557. The SMILES string of the molecule is Cc1nc(N2CCN(Cc3ccccc3)CC2)nc(N2CCOCC2)c1[N+](=O)[O-]. The van der Waals surface area contributed by atoms with E-state index in [0.717, 1.165) is 32.7 Å². The molecule has 0 aliphatic carbocycles. The van der Waals surface area contributed by atoms with Crippen LogP contribution >= 0.6 is 0 Å². The van der Waals surface area contributed by atoms with Crippen molar-refractivity contribution in [2.45, 2.75) is 13.5 Å². The highest BCUT2D eigenvalue weighted by atomic mass is 16.6. The molecule has 1 aromatic heterocycles. The Morgan fingerprint density at radius 1 is 1.00 bits per heavy atom. The largest absolute Gasteiger partial charge is 0.378 e. The zero-order chi connectivity index (χ0) is 20.2. The van der Waals surface area contributed by atoms with Crippen molar-refractivity contribution in [3.8, 4) is 0 Å². The smallest absolute Gasteiger partial charge is 0.332 e. The van der Waals surface area contributed by atoms with Crippen molar-refractivity contribution in [1.82, 2.24) is 14.9 Å². The van der Waals surface area contributed by atoms with Crippen LogP contribution in [0.5, 0.6) is 0 Å². The lowest BCUT2D eigenvalue weighted by Crippen LogP contribution is -2.47. The molecule has 2 aliphatic rings. The Morgan fingerprint density at radius 2 is 1.69 bits per heavy atom. The van der Waals surface area contributed by atoms with Gasteiger partial charge in [-0.1, -0.05) is 30.3 Å². The van der Waals surface area contributed by atoms with E-state index >= 15 is 0 Å². The molecule has 2 aliphatic heterocycles. The van der Waals surface area contributed by atoms with E-state index in [-0.39, 0.29) is 10.6 Å². The second-order valence-electron chi connectivity index (χ2n) is 7.39. The molecule has 2 aromatic rings. The van der Waals surface area contributed by atoms with E-state index in [9.17, 15) is 10.1 Å². The Bertz CT molecular complexity index is 849. The molecule has 0 N–H and O–H groups in total. The summed E-state index contributed by atoms with van der Waals surface area (Å²) in [4.78, 5) is 26.9.